The van der Waals surface area contributed by atoms with Gasteiger partial charge in [-0.15, -0.1) is 0 Å². The third-order valence-corrected chi connectivity index (χ3v) is 4.22. The smallest absolute Gasteiger partial charge is 0.229 e. The molecule has 0 aliphatic rings. The fourth-order valence-corrected chi connectivity index (χ4v) is 2.83. The van der Waals surface area contributed by atoms with E-state index in [4.69, 9.17) is 11.6 Å². The number of nitrogens with zero attached hydrogens (tertiary/aromatic N) is 4. The minimum atomic E-state index is -0.351. The maximum atomic E-state index is 9.74. The molecule has 2 aromatic heterocycles. The van der Waals surface area contributed by atoms with Crippen LogP contribution in [0.5, 0.6) is 0 Å². The standard InChI is InChI=1S/C16H16BrClN6O/c1-24-8-12(6-20-24)21-16-19-7-13(18)15(23-16)22-14(9-25)10-3-2-4-11(17)5-10/h2-8,14,25H,9H2,1H3,(H2,19,21,22,23)/t14-/m1/s1. The molecule has 0 aliphatic carbocycles. The van der Waals surface area contributed by atoms with Gasteiger partial charge in [-0.3, -0.25) is 4.68 Å². The van der Waals surface area contributed by atoms with Crippen molar-refractivity contribution in [3.63, 3.8) is 0 Å². The molecule has 0 spiro atoms. The predicted molar refractivity (Wildman–Crippen MR) is 101 cm³/mol. The molecule has 0 amide bonds. The Balaban J connectivity index is 1.82. The number of aliphatic hydroxyl groups is 1. The number of nitrogens with one attached hydrogen (secondary N) is 2. The van der Waals surface area contributed by atoms with E-state index in [2.05, 4.69) is 41.6 Å². The molecule has 3 rings (SSSR count). The topological polar surface area (TPSA) is 87.9 Å². The maximum Gasteiger partial charge on any atom is 0.229 e. The third-order valence-electron chi connectivity index (χ3n) is 3.45. The third kappa shape index (κ3) is 4.47. The highest BCUT2D eigenvalue weighted by atomic mass is 79.9. The van der Waals surface area contributed by atoms with E-state index in [1.54, 1.807) is 10.9 Å². The normalized spacial score (nSPS) is 12.0. The monoisotopic (exact) mass is 422 g/mol. The number of hydrogen-bond acceptors (Lipinski definition) is 6. The van der Waals surface area contributed by atoms with Gasteiger partial charge in [0.1, 0.15) is 5.02 Å². The number of benzene rings is 1. The van der Waals surface area contributed by atoms with E-state index < -0.39 is 0 Å². The lowest BCUT2D eigenvalue weighted by molar-refractivity contribution is 0.276. The molecule has 0 fully saturated rings. The molecule has 1 atom stereocenters. The lowest BCUT2D eigenvalue weighted by Gasteiger charge is -2.18. The van der Waals surface area contributed by atoms with Crippen LogP contribution in [0.1, 0.15) is 11.6 Å². The summed E-state index contributed by atoms with van der Waals surface area (Å²) >= 11 is 9.63. The molecule has 2 heterocycles. The summed E-state index contributed by atoms with van der Waals surface area (Å²) in [6, 6.07) is 7.32. The maximum absolute atomic E-state index is 9.74. The molecular weight excluding hydrogens is 408 g/mol. The van der Waals surface area contributed by atoms with Crippen molar-refractivity contribution in [3.8, 4) is 0 Å². The van der Waals surface area contributed by atoms with E-state index in [9.17, 15) is 5.11 Å². The number of halogens is 2. The molecule has 9 heteroatoms. The van der Waals surface area contributed by atoms with Crippen LogP contribution in [-0.4, -0.2) is 31.5 Å². The second kappa shape index (κ2) is 7.81. The van der Waals surface area contributed by atoms with Crippen LogP contribution >= 0.6 is 27.5 Å². The second-order valence-electron chi connectivity index (χ2n) is 5.35. The summed E-state index contributed by atoms with van der Waals surface area (Å²) in [5.74, 6) is 0.813. The molecule has 0 unspecified atom stereocenters. The molecule has 130 valence electrons. The number of aliphatic hydroxyl groups excluding tert-OH is 1. The Morgan fingerprint density at radius 1 is 1.36 bits per heavy atom. The molecular formula is C16H16BrClN6O. The van der Waals surface area contributed by atoms with Gasteiger partial charge >= 0.3 is 0 Å². The van der Waals surface area contributed by atoms with Gasteiger partial charge in [0.25, 0.3) is 0 Å². The minimum absolute atomic E-state index is 0.109. The number of hydrogen-bond donors (Lipinski definition) is 3. The number of aromatic nitrogens is 4. The summed E-state index contributed by atoms with van der Waals surface area (Å²) < 4.78 is 2.60. The molecule has 0 saturated carbocycles. The van der Waals surface area contributed by atoms with Gasteiger partial charge < -0.3 is 15.7 Å². The van der Waals surface area contributed by atoms with E-state index in [0.29, 0.717) is 16.8 Å². The fourth-order valence-electron chi connectivity index (χ4n) is 2.27. The van der Waals surface area contributed by atoms with E-state index >= 15 is 0 Å². The van der Waals surface area contributed by atoms with Crippen LogP contribution in [0.25, 0.3) is 0 Å². The van der Waals surface area contributed by atoms with Gasteiger partial charge in [-0.1, -0.05) is 39.7 Å². The van der Waals surface area contributed by atoms with Gasteiger partial charge in [-0.2, -0.15) is 10.1 Å². The summed E-state index contributed by atoms with van der Waals surface area (Å²) in [6.45, 7) is -0.109. The summed E-state index contributed by atoms with van der Waals surface area (Å²) in [6.07, 6.45) is 4.98. The first kappa shape index (κ1) is 17.7. The molecule has 7 nitrogen and oxygen atoms in total. The molecule has 3 aromatic rings. The molecule has 0 radical (unpaired) electrons. The highest BCUT2D eigenvalue weighted by Gasteiger charge is 2.14. The Kier molecular flexibility index (Phi) is 5.52. The van der Waals surface area contributed by atoms with Crippen molar-refractivity contribution in [2.24, 2.45) is 7.05 Å². The zero-order chi connectivity index (χ0) is 17.8. The van der Waals surface area contributed by atoms with Crippen LogP contribution < -0.4 is 10.6 Å². The summed E-state index contributed by atoms with van der Waals surface area (Å²) in [5, 5.41) is 20.4. The van der Waals surface area contributed by atoms with Gasteiger partial charge in [0.15, 0.2) is 5.82 Å². The zero-order valence-electron chi connectivity index (χ0n) is 13.3. The van der Waals surface area contributed by atoms with E-state index in [1.807, 2.05) is 37.5 Å². The minimum Gasteiger partial charge on any atom is -0.394 e. The van der Waals surface area contributed by atoms with Crippen molar-refractivity contribution in [2.75, 3.05) is 17.2 Å². The Hall–Kier alpha value is -2.16. The number of aryl methyl sites for hydroxylation is 1. The Bertz CT molecular complexity index is 871. The van der Waals surface area contributed by atoms with Crippen molar-refractivity contribution in [2.45, 2.75) is 6.04 Å². The molecule has 0 bridgehead atoms. The first-order valence-electron chi connectivity index (χ1n) is 7.46. The summed E-state index contributed by atoms with van der Waals surface area (Å²) in [7, 11) is 1.82. The van der Waals surface area contributed by atoms with Crippen LogP contribution in [0.3, 0.4) is 0 Å². The van der Waals surface area contributed by atoms with Crippen molar-refractivity contribution in [1.29, 1.82) is 0 Å². The van der Waals surface area contributed by atoms with Crippen LogP contribution in [0, 0.1) is 0 Å². The molecule has 3 N–H and O–H groups in total. The second-order valence-corrected chi connectivity index (χ2v) is 6.68. The summed E-state index contributed by atoms with van der Waals surface area (Å²) in [5.41, 5.74) is 1.68. The lowest BCUT2D eigenvalue weighted by atomic mass is 10.1. The molecule has 0 saturated heterocycles. The lowest BCUT2D eigenvalue weighted by Crippen LogP contribution is -2.16. The van der Waals surface area contributed by atoms with Crippen molar-refractivity contribution in [1.82, 2.24) is 19.7 Å². The highest BCUT2D eigenvalue weighted by molar-refractivity contribution is 9.10. The number of anilines is 3. The van der Waals surface area contributed by atoms with Crippen molar-refractivity contribution < 1.29 is 5.11 Å². The van der Waals surface area contributed by atoms with Gasteiger partial charge in [0, 0.05) is 17.7 Å². The van der Waals surface area contributed by atoms with Gasteiger partial charge in [-0.05, 0) is 17.7 Å². The fraction of sp³-hybridized carbons (Fsp3) is 0.188. The van der Waals surface area contributed by atoms with Crippen LogP contribution in [0.15, 0.2) is 47.3 Å². The van der Waals surface area contributed by atoms with E-state index in [1.165, 1.54) is 6.20 Å². The zero-order valence-corrected chi connectivity index (χ0v) is 15.7. The van der Waals surface area contributed by atoms with Gasteiger partial charge in [0.05, 0.1) is 30.7 Å². The van der Waals surface area contributed by atoms with Crippen molar-refractivity contribution in [3.05, 3.63) is 57.9 Å². The molecule has 1 aromatic carbocycles. The Morgan fingerprint density at radius 3 is 2.88 bits per heavy atom. The molecule has 25 heavy (non-hydrogen) atoms. The Labute approximate surface area is 158 Å². The largest absolute Gasteiger partial charge is 0.394 e. The van der Waals surface area contributed by atoms with Crippen molar-refractivity contribution >= 4 is 45.0 Å². The first-order valence-corrected chi connectivity index (χ1v) is 8.63. The highest BCUT2D eigenvalue weighted by Crippen LogP contribution is 2.26. The van der Waals surface area contributed by atoms with E-state index in [-0.39, 0.29) is 12.6 Å². The van der Waals surface area contributed by atoms with Crippen LogP contribution in [0.4, 0.5) is 17.5 Å². The number of rotatable bonds is 6. The average molecular weight is 424 g/mol. The SMILES string of the molecule is Cn1cc(Nc2ncc(Cl)c(N[C@H](CO)c3cccc(Br)c3)n2)cn1. The molecule has 0 aliphatic heterocycles. The van der Waals surface area contributed by atoms with Gasteiger partial charge in [-0.25, -0.2) is 4.98 Å². The quantitative estimate of drug-likeness (QED) is 0.562. The predicted octanol–water partition coefficient (Wildman–Crippen LogP) is 3.52. The van der Waals surface area contributed by atoms with E-state index in [0.717, 1.165) is 15.7 Å². The van der Waals surface area contributed by atoms with Crippen LogP contribution in [-0.2, 0) is 7.05 Å². The van der Waals surface area contributed by atoms with Crippen LogP contribution in [0.2, 0.25) is 5.02 Å². The average Bonchev–Trinajstić information content (AvgIpc) is 3.00. The Morgan fingerprint density at radius 2 is 2.20 bits per heavy atom. The summed E-state index contributed by atoms with van der Waals surface area (Å²) in [4.78, 5) is 8.55. The van der Waals surface area contributed by atoms with Gasteiger partial charge in [0.2, 0.25) is 5.95 Å². The first-order chi connectivity index (χ1) is 12.0.